The molecular formula is C28H34O13. The van der Waals surface area contributed by atoms with Crippen LogP contribution in [-0.2, 0) is 30.1 Å². The fraction of sp³-hybridized carbons (Fsp3) is 0.464. The first-order valence-corrected chi connectivity index (χ1v) is 13.0. The lowest BCUT2D eigenvalue weighted by molar-refractivity contribution is -0.280. The SMILES string of the molecule is CCOC(=O)O[C@H]1[C@H](Oc2cccc(O)c2C(=O)CCc2ccc(OC)cc2)O[C@H](CO)[C@@H](O)[C@@H]1OC(=O)OCC. The predicted molar refractivity (Wildman–Crippen MR) is 140 cm³/mol. The number of ketones is 1. The van der Waals surface area contributed by atoms with Crippen LogP contribution in [0.15, 0.2) is 42.5 Å². The molecule has 0 radical (unpaired) electrons. The van der Waals surface area contributed by atoms with E-state index in [0.717, 1.165) is 5.56 Å². The number of carbonyl (C=O) groups is 3. The third-order valence-corrected chi connectivity index (χ3v) is 6.11. The number of ether oxygens (including phenoxy) is 7. The third kappa shape index (κ3) is 8.22. The maximum absolute atomic E-state index is 13.2. The van der Waals surface area contributed by atoms with E-state index >= 15 is 0 Å². The van der Waals surface area contributed by atoms with Gasteiger partial charge in [0.05, 0.1) is 26.9 Å². The number of benzene rings is 2. The lowest BCUT2D eigenvalue weighted by atomic mass is 9.98. The number of phenolic OH excluding ortho intramolecular Hbond substituents is 1. The standard InChI is InChI=1S/C28H34O13/c1-4-36-27(33)40-24-23(32)21(15-29)39-26(25(24)41-28(34)37-5-2)38-20-8-6-7-18(30)22(20)19(31)14-11-16-9-12-17(35-3)13-10-16/h6-10,12-13,21,23-26,29-30,32H,4-5,11,14-15H2,1-3H3/t21-,23-,24+,25-,26-/m1/s1. The number of phenols is 1. The molecule has 0 bridgehead atoms. The van der Waals surface area contributed by atoms with E-state index in [4.69, 9.17) is 33.2 Å². The Kier molecular flexibility index (Phi) is 11.6. The average Bonchev–Trinajstić information content (AvgIpc) is 2.95. The number of aryl methyl sites for hydroxylation is 1. The minimum Gasteiger partial charge on any atom is -0.507 e. The molecular weight excluding hydrogens is 544 g/mol. The third-order valence-electron chi connectivity index (χ3n) is 6.11. The Morgan fingerprint density at radius 2 is 1.56 bits per heavy atom. The molecule has 0 amide bonds. The monoisotopic (exact) mass is 578 g/mol. The smallest absolute Gasteiger partial charge is 0.507 e. The summed E-state index contributed by atoms with van der Waals surface area (Å²) in [5, 5.41) is 31.1. The summed E-state index contributed by atoms with van der Waals surface area (Å²) in [6.45, 7) is 2.24. The van der Waals surface area contributed by atoms with E-state index in [-0.39, 0.29) is 36.7 Å². The van der Waals surface area contributed by atoms with Gasteiger partial charge in [-0.25, -0.2) is 9.59 Å². The number of aromatic hydroxyl groups is 1. The normalized spacial score (nSPS) is 21.8. The largest absolute Gasteiger partial charge is 0.508 e. The number of hydrogen-bond acceptors (Lipinski definition) is 13. The van der Waals surface area contributed by atoms with Crippen molar-refractivity contribution in [3.8, 4) is 17.2 Å². The molecule has 1 saturated heterocycles. The molecule has 1 fully saturated rings. The summed E-state index contributed by atoms with van der Waals surface area (Å²) in [5.74, 6) is -0.320. The lowest BCUT2D eigenvalue weighted by Gasteiger charge is -2.42. The predicted octanol–water partition coefficient (Wildman–Crippen LogP) is 2.76. The van der Waals surface area contributed by atoms with Gasteiger partial charge in [0.2, 0.25) is 12.4 Å². The van der Waals surface area contributed by atoms with Crippen molar-refractivity contribution in [2.75, 3.05) is 26.9 Å². The zero-order valence-corrected chi connectivity index (χ0v) is 22.9. The van der Waals surface area contributed by atoms with Gasteiger partial charge >= 0.3 is 12.3 Å². The number of Topliss-reactive ketones (excluding diaryl/α,β-unsaturated/α-hetero) is 1. The molecule has 1 aliphatic rings. The van der Waals surface area contributed by atoms with E-state index in [2.05, 4.69) is 0 Å². The molecule has 5 atom stereocenters. The number of aliphatic hydroxyl groups is 2. The van der Waals surface area contributed by atoms with Gasteiger partial charge in [-0.1, -0.05) is 18.2 Å². The number of methoxy groups -OCH3 is 1. The fourth-order valence-electron chi connectivity index (χ4n) is 4.12. The maximum atomic E-state index is 13.2. The van der Waals surface area contributed by atoms with Gasteiger partial charge in [-0.05, 0) is 50.1 Å². The average molecular weight is 579 g/mol. The van der Waals surface area contributed by atoms with E-state index < -0.39 is 55.4 Å². The van der Waals surface area contributed by atoms with Gasteiger partial charge in [0.25, 0.3) is 0 Å². The summed E-state index contributed by atoms with van der Waals surface area (Å²) in [6, 6.07) is 11.2. The molecule has 41 heavy (non-hydrogen) atoms. The molecule has 0 saturated carbocycles. The summed E-state index contributed by atoms with van der Waals surface area (Å²) in [6.07, 6.45) is -9.94. The second-order valence-corrected chi connectivity index (χ2v) is 8.79. The van der Waals surface area contributed by atoms with Crippen LogP contribution in [-0.4, -0.2) is 91.0 Å². The number of aliphatic hydroxyl groups excluding tert-OH is 2. The van der Waals surface area contributed by atoms with Crippen LogP contribution in [0.3, 0.4) is 0 Å². The van der Waals surface area contributed by atoms with Crippen LogP contribution in [0.2, 0.25) is 0 Å². The Hall–Kier alpha value is -4.07. The van der Waals surface area contributed by atoms with E-state index in [1.54, 1.807) is 19.2 Å². The van der Waals surface area contributed by atoms with Crippen LogP contribution in [0, 0.1) is 0 Å². The Bertz CT molecular complexity index is 1170. The molecule has 0 aliphatic carbocycles. The molecule has 224 valence electrons. The highest BCUT2D eigenvalue weighted by Gasteiger charge is 2.51. The van der Waals surface area contributed by atoms with Crippen molar-refractivity contribution in [1.82, 2.24) is 0 Å². The van der Waals surface area contributed by atoms with Crippen molar-refractivity contribution < 1.29 is 62.9 Å². The summed E-state index contributed by atoms with van der Waals surface area (Å²) in [5.41, 5.74) is 0.684. The number of rotatable bonds is 12. The van der Waals surface area contributed by atoms with Crippen molar-refractivity contribution in [2.24, 2.45) is 0 Å². The van der Waals surface area contributed by atoms with E-state index in [1.807, 2.05) is 12.1 Å². The van der Waals surface area contributed by atoms with Gasteiger partial charge in [0, 0.05) is 6.42 Å². The summed E-state index contributed by atoms with van der Waals surface area (Å²) in [7, 11) is 1.55. The Balaban J connectivity index is 1.89. The zero-order chi connectivity index (χ0) is 29.9. The Morgan fingerprint density at radius 1 is 0.927 bits per heavy atom. The highest BCUT2D eigenvalue weighted by molar-refractivity contribution is 6.01. The summed E-state index contributed by atoms with van der Waals surface area (Å²) >= 11 is 0. The van der Waals surface area contributed by atoms with Gasteiger partial charge in [0.15, 0.2) is 11.9 Å². The lowest BCUT2D eigenvalue weighted by Crippen LogP contribution is -2.62. The van der Waals surface area contributed by atoms with Gasteiger partial charge < -0.3 is 48.5 Å². The number of hydrogen-bond donors (Lipinski definition) is 3. The van der Waals surface area contributed by atoms with Crippen molar-refractivity contribution in [3.05, 3.63) is 53.6 Å². The summed E-state index contributed by atoms with van der Waals surface area (Å²) < 4.78 is 36.8. The van der Waals surface area contributed by atoms with E-state index in [0.29, 0.717) is 12.2 Å². The van der Waals surface area contributed by atoms with Gasteiger partial charge in [-0.3, -0.25) is 4.79 Å². The van der Waals surface area contributed by atoms with E-state index in [1.165, 1.54) is 32.0 Å². The van der Waals surface area contributed by atoms with Crippen LogP contribution >= 0.6 is 0 Å². The molecule has 2 aromatic carbocycles. The molecule has 3 rings (SSSR count). The second kappa shape index (κ2) is 15.1. The topological polar surface area (TPSA) is 177 Å². The maximum Gasteiger partial charge on any atom is 0.508 e. The number of carbonyl (C=O) groups excluding carboxylic acids is 3. The molecule has 1 heterocycles. The fourth-order valence-corrected chi connectivity index (χ4v) is 4.12. The van der Waals surface area contributed by atoms with Crippen LogP contribution in [0.1, 0.15) is 36.2 Å². The van der Waals surface area contributed by atoms with Gasteiger partial charge in [-0.15, -0.1) is 0 Å². The molecule has 1 aliphatic heterocycles. The highest BCUT2D eigenvalue weighted by atomic mass is 16.8. The first-order chi connectivity index (χ1) is 19.7. The molecule has 13 nitrogen and oxygen atoms in total. The van der Waals surface area contributed by atoms with Crippen LogP contribution < -0.4 is 9.47 Å². The van der Waals surface area contributed by atoms with Crippen molar-refractivity contribution in [2.45, 2.75) is 57.4 Å². The van der Waals surface area contributed by atoms with Crippen molar-refractivity contribution in [3.63, 3.8) is 0 Å². The minimum atomic E-state index is -1.67. The highest BCUT2D eigenvalue weighted by Crippen LogP contribution is 2.34. The Morgan fingerprint density at radius 3 is 2.15 bits per heavy atom. The molecule has 0 aromatic heterocycles. The van der Waals surface area contributed by atoms with Gasteiger partial charge in [0.1, 0.15) is 35.0 Å². The zero-order valence-electron chi connectivity index (χ0n) is 22.9. The molecule has 3 N–H and O–H groups in total. The minimum absolute atomic E-state index is 0.00111. The van der Waals surface area contributed by atoms with E-state index in [9.17, 15) is 29.7 Å². The molecule has 0 spiro atoms. The van der Waals surface area contributed by atoms with Crippen LogP contribution in [0.4, 0.5) is 9.59 Å². The quantitative estimate of drug-likeness (QED) is 0.248. The second-order valence-electron chi connectivity index (χ2n) is 8.79. The molecule has 0 unspecified atom stereocenters. The van der Waals surface area contributed by atoms with Crippen molar-refractivity contribution >= 4 is 18.1 Å². The van der Waals surface area contributed by atoms with Crippen LogP contribution in [0.5, 0.6) is 17.2 Å². The first kappa shape index (κ1) is 31.5. The Labute approximate surface area is 236 Å². The van der Waals surface area contributed by atoms with Crippen LogP contribution in [0.25, 0.3) is 0 Å². The van der Waals surface area contributed by atoms with Gasteiger partial charge in [-0.2, -0.15) is 0 Å². The molecule has 2 aromatic rings. The summed E-state index contributed by atoms with van der Waals surface area (Å²) in [4.78, 5) is 37.6. The van der Waals surface area contributed by atoms with Crippen molar-refractivity contribution in [1.29, 1.82) is 0 Å². The first-order valence-electron chi connectivity index (χ1n) is 13.0. The molecule has 13 heteroatoms.